The van der Waals surface area contributed by atoms with Crippen molar-refractivity contribution in [3.8, 4) is 0 Å². The number of rotatable bonds is 6. The summed E-state index contributed by atoms with van der Waals surface area (Å²) in [6, 6.07) is 4.95. The number of hydrogen-bond donors (Lipinski definition) is 2. The molecule has 152 valence electrons. The number of alkyl carbamates (subject to hydrolysis) is 1. The molecule has 2 aromatic rings. The van der Waals surface area contributed by atoms with Gasteiger partial charge in [-0.2, -0.15) is 0 Å². The quantitative estimate of drug-likeness (QED) is 0.716. The predicted molar refractivity (Wildman–Crippen MR) is 110 cm³/mol. The van der Waals surface area contributed by atoms with Gasteiger partial charge in [0.25, 0.3) is 5.56 Å². The SMILES string of the molecule is CC(C)(C)OC(=O)NCCCn1c([C@@H](N)C2CC2)nc2cccc(Cl)c2c1=O. The lowest BCUT2D eigenvalue weighted by molar-refractivity contribution is 0.0526. The number of nitrogens with zero attached hydrogens (tertiary/aromatic N) is 2. The highest BCUT2D eigenvalue weighted by Gasteiger charge is 2.33. The van der Waals surface area contributed by atoms with Crippen LogP contribution in [0.5, 0.6) is 0 Å². The Morgan fingerprint density at radius 3 is 2.79 bits per heavy atom. The van der Waals surface area contributed by atoms with E-state index in [1.165, 1.54) is 0 Å². The van der Waals surface area contributed by atoms with E-state index in [-0.39, 0.29) is 11.6 Å². The van der Waals surface area contributed by atoms with Crippen LogP contribution in [0.2, 0.25) is 5.02 Å². The Balaban J connectivity index is 1.79. The Bertz CT molecular complexity index is 931. The fraction of sp³-hybridized carbons (Fsp3) is 0.550. The van der Waals surface area contributed by atoms with E-state index in [4.69, 9.17) is 22.1 Å². The second kappa shape index (κ2) is 8.09. The first-order chi connectivity index (χ1) is 13.2. The molecule has 1 fully saturated rings. The highest BCUT2D eigenvalue weighted by molar-refractivity contribution is 6.35. The number of carbonyl (C=O) groups excluding carboxylic acids is 1. The lowest BCUT2D eigenvalue weighted by Crippen LogP contribution is -2.34. The average molecular weight is 407 g/mol. The van der Waals surface area contributed by atoms with Gasteiger partial charge in [-0.25, -0.2) is 9.78 Å². The third-order valence-corrected chi connectivity index (χ3v) is 4.93. The molecule has 1 atom stereocenters. The zero-order valence-electron chi connectivity index (χ0n) is 16.5. The molecule has 1 aromatic carbocycles. The molecule has 3 N–H and O–H groups in total. The van der Waals surface area contributed by atoms with E-state index in [9.17, 15) is 9.59 Å². The molecule has 1 aromatic heterocycles. The zero-order chi connectivity index (χ0) is 20.5. The molecule has 28 heavy (non-hydrogen) atoms. The molecule has 1 aliphatic carbocycles. The predicted octanol–water partition coefficient (Wildman–Crippen LogP) is 3.37. The fourth-order valence-electron chi connectivity index (χ4n) is 3.12. The third-order valence-electron chi connectivity index (χ3n) is 4.62. The first-order valence-electron chi connectivity index (χ1n) is 9.59. The summed E-state index contributed by atoms with van der Waals surface area (Å²) in [5.41, 5.74) is 6.19. The van der Waals surface area contributed by atoms with Crippen molar-refractivity contribution in [2.75, 3.05) is 6.54 Å². The Hall–Kier alpha value is -2.12. The number of ether oxygens (including phenoxy) is 1. The maximum Gasteiger partial charge on any atom is 0.407 e. The van der Waals surface area contributed by atoms with Crippen molar-refractivity contribution >= 4 is 28.6 Å². The van der Waals surface area contributed by atoms with E-state index in [0.717, 1.165) is 12.8 Å². The van der Waals surface area contributed by atoms with Crippen molar-refractivity contribution in [1.82, 2.24) is 14.9 Å². The van der Waals surface area contributed by atoms with Crippen molar-refractivity contribution in [2.24, 2.45) is 11.7 Å². The highest BCUT2D eigenvalue weighted by atomic mass is 35.5. The van der Waals surface area contributed by atoms with Crippen LogP contribution in [0.1, 0.15) is 51.9 Å². The number of benzene rings is 1. The molecule has 1 amide bonds. The molecule has 0 spiro atoms. The maximum absolute atomic E-state index is 13.1. The Morgan fingerprint density at radius 1 is 1.43 bits per heavy atom. The van der Waals surface area contributed by atoms with E-state index in [0.29, 0.717) is 47.2 Å². The number of nitrogens with two attached hydrogens (primary N) is 1. The van der Waals surface area contributed by atoms with Gasteiger partial charge in [-0.1, -0.05) is 17.7 Å². The molecule has 0 aliphatic heterocycles. The molecule has 1 aliphatic rings. The number of halogens is 1. The van der Waals surface area contributed by atoms with Crippen LogP contribution in [0, 0.1) is 5.92 Å². The summed E-state index contributed by atoms with van der Waals surface area (Å²) in [6.45, 7) is 6.19. The smallest absolute Gasteiger partial charge is 0.407 e. The highest BCUT2D eigenvalue weighted by Crippen LogP contribution is 2.39. The average Bonchev–Trinajstić information content (AvgIpc) is 3.42. The minimum Gasteiger partial charge on any atom is -0.444 e. The largest absolute Gasteiger partial charge is 0.444 e. The topological polar surface area (TPSA) is 99.2 Å². The number of fused-ring (bicyclic) bond motifs is 1. The van der Waals surface area contributed by atoms with Crippen molar-refractivity contribution < 1.29 is 9.53 Å². The summed E-state index contributed by atoms with van der Waals surface area (Å²) < 4.78 is 6.83. The van der Waals surface area contributed by atoms with Crippen LogP contribution in [0.25, 0.3) is 10.9 Å². The molecule has 0 unspecified atom stereocenters. The number of hydrogen-bond acceptors (Lipinski definition) is 5. The van der Waals surface area contributed by atoms with Crippen LogP contribution < -0.4 is 16.6 Å². The molecule has 3 rings (SSSR count). The first-order valence-corrected chi connectivity index (χ1v) is 9.96. The van der Waals surface area contributed by atoms with Gasteiger partial charge in [0.05, 0.1) is 22.0 Å². The van der Waals surface area contributed by atoms with Crippen molar-refractivity contribution in [3.05, 3.63) is 39.4 Å². The second-order valence-electron chi connectivity index (χ2n) is 8.21. The molecule has 0 bridgehead atoms. The van der Waals surface area contributed by atoms with Crippen LogP contribution in [0.4, 0.5) is 4.79 Å². The van der Waals surface area contributed by atoms with E-state index in [2.05, 4.69) is 10.3 Å². The summed E-state index contributed by atoms with van der Waals surface area (Å²) in [4.78, 5) is 29.5. The van der Waals surface area contributed by atoms with Gasteiger partial charge >= 0.3 is 6.09 Å². The van der Waals surface area contributed by atoms with Crippen LogP contribution >= 0.6 is 11.6 Å². The van der Waals surface area contributed by atoms with E-state index in [1.54, 1.807) is 22.8 Å². The third kappa shape index (κ3) is 4.83. The lowest BCUT2D eigenvalue weighted by Gasteiger charge is -2.20. The zero-order valence-corrected chi connectivity index (χ0v) is 17.3. The normalized spacial score (nSPS) is 15.5. The maximum atomic E-state index is 13.1. The standard InChI is InChI=1S/C20H27ClN4O3/c1-20(2,3)28-19(27)23-10-5-11-25-17(16(22)12-8-9-12)24-14-7-4-6-13(21)15(14)18(25)26/h4,6-7,12,16H,5,8-11,22H2,1-3H3,(H,23,27)/t16-/m0/s1. The molecular formula is C20H27ClN4O3. The van der Waals surface area contributed by atoms with Crippen LogP contribution in [-0.4, -0.2) is 27.8 Å². The van der Waals surface area contributed by atoms with Gasteiger partial charge in [-0.15, -0.1) is 0 Å². The van der Waals surface area contributed by atoms with Gasteiger partial charge in [0, 0.05) is 13.1 Å². The monoisotopic (exact) mass is 406 g/mol. The summed E-state index contributed by atoms with van der Waals surface area (Å²) in [7, 11) is 0. The molecule has 1 heterocycles. The summed E-state index contributed by atoms with van der Waals surface area (Å²) in [5, 5.41) is 3.48. The second-order valence-corrected chi connectivity index (χ2v) is 8.61. The lowest BCUT2D eigenvalue weighted by atomic mass is 10.1. The van der Waals surface area contributed by atoms with Crippen LogP contribution in [-0.2, 0) is 11.3 Å². The summed E-state index contributed by atoms with van der Waals surface area (Å²) in [6.07, 6.45) is 2.16. The molecule has 0 saturated heterocycles. The van der Waals surface area contributed by atoms with E-state index in [1.807, 2.05) is 20.8 Å². The molecule has 8 heteroatoms. The van der Waals surface area contributed by atoms with Crippen molar-refractivity contribution in [3.63, 3.8) is 0 Å². The Morgan fingerprint density at radius 2 is 2.14 bits per heavy atom. The number of aromatic nitrogens is 2. The Kier molecular flexibility index (Phi) is 5.95. The number of amides is 1. The Labute approximate surface area is 169 Å². The van der Waals surface area contributed by atoms with Gasteiger partial charge in [0.1, 0.15) is 11.4 Å². The summed E-state index contributed by atoms with van der Waals surface area (Å²) in [5.74, 6) is 0.939. The van der Waals surface area contributed by atoms with E-state index >= 15 is 0 Å². The van der Waals surface area contributed by atoms with Crippen molar-refractivity contribution in [1.29, 1.82) is 0 Å². The van der Waals surface area contributed by atoms with Crippen LogP contribution in [0.3, 0.4) is 0 Å². The minimum atomic E-state index is -0.551. The minimum absolute atomic E-state index is 0.195. The van der Waals surface area contributed by atoms with Gasteiger partial charge in [0.2, 0.25) is 0 Å². The molecular weight excluding hydrogens is 380 g/mol. The van der Waals surface area contributed by atoms with Crippen LogP contribution in [0.15, 0.2) is 23.0 Å². The first kappa shape index (κ1) is 20.6. The molecule has 7 nitrogen and oxygen atoms in total. The molecule has 0 radical (unpaired) electrons. The van der Waals surface area contributed by atoms with Gasteiger partial charge in [0.15, 0.2) is 0 Å². The van der Waals surface area contributed by atoms with Gasteiger partial charge in [-0.3, -0.25) is 9.36 Å². The van der Waals surface area contributed by atoms with Crippen molar-refractivity contribution in [2.45, 2.75) is 58.2 Å². The van der Waals surface area contributed by atoms with Gasteiger partial charge < -0.3 is 15.8 Å². The summed E-state index contributed by atoms with van der Waals surface area (Å²) >= 11 is 6.25. The van der Waals surface area contributed by atoms with Gasteiger partial charge in [-0.05, 0) is 58.1 Å². The molecule has 1 saturated carbocycles. The fourth-order valence-corrected chi connectivity index (χ4v) is 3.37. The van der Waals surface area contributed by atoms with E-state index < -0.39 is 11.7 Å². The number of carbonyl (C=O) groups is 1. The number of nitrogens with one attached hydrogen (secondary N) is 1.